The number of hydrogen-bond acceptors (Lipinski definition) is 4. The van der Waals surface area contributed by atoms with Crippen molar-refractivity contribution in [3.05, 3.63) is 83.1 Å². The maximum Gasteiger partial charge on any atom is 0.246 e. The molecule has 0 aliphatic heterocycles. The molecule has 0 aromatic heterocycles. The van der Waals surface area contributed by atoms with Gasteiger partial charge in [0.25, 0.3) is 0 Å². The molecule has 7 heteroatoms. The summed E-state index contributed by atoms with van der Waals surface area (Å²) in [5.74, 6) is 0.244. The lowest BCUT2D eigenvalue weighted by Crippen LogP contribution is -2.31. The highest BCUT2D eigenvalue weighted by molar-refractivity contribution is 6.33. The Bertz CT molecular complexity index is 1060. The second-order valence-electron chi connectivity index (χ2n) is 6.21. The van der Waals surface area contributed by atoms with Gasteiger partial charge >= 0.3 is 0 Å². The normalized spacial score (nSPS) is 11.2. The maximum absolute atomic E-state index is 13.1. The number of nitrogens with one attached hydrogen (secondary N) is 2. The second-order valence-corrected chi connectivity index (χ2v) is 6.62. The predicted octanol–water partition coefficient (Wildman–Crippen LogP) is 5.58. The van der Waals surface area contributed by atoms with Gasteiger partial charge in [0.05, 0.1) is 16.3 Å². The maximum atomic E-state index is 13.1. The minimum absolute atomic E-state index is 0.129. The molecule has 0 saturated carbocycles. The summed E-state index contributed by atoms with van der Waals surface area (Å²) < 4.78 is 18.8. The standard InChI is InChI=1S/C22H17ClFN3O2/c1-14(22(28)27-20-11-6-16(24)12-19(20)23)26-17-7-9-18(10-8-17)29-21-5-3-2-4-15(21)13-25/h2-12,14,26H,1H3,(H,27,28). The van der Waals surface area contributed by atoms with Crippen LogP contribution in [0, 0.1) is 17.1 Å². The number of carbonyl (C=O) groups is 1. The van der Waals surface area contributed by atoms with Gasteiger partial charge in [0.1, 0.15) is 29.4 Å². The molecule has 29 heavy (non-hydrogen) atoms. The van der Waals surface area contributed by atoms with E-state index in [9.17, 15) is 9.18 Å². The van der Waals surface area contributed by atoms with Gasteiger partial charge in [0.15, 0.2) is 0 Å². The number of ether oxygens (including phenoxy) is 1. The second kappa shape index (κ2) is 9.09. The fourth-order valence-corrected chi connectivity index (χ4v) is 2.76. The van der Waals surface area contributed by atoms with Crippen LogP contribution < -0.4 is 15.4 Å². The number of anilines is 2. The molecule has 0 heterocycles. The topological polar surface area (TPSA) is 74.1 Å². The molecule has 3 aromatic carbocycles. The van der Waals surface area contributed by atoms with Crippen molar-refractivity contribution in [3.8, 4) is 17.6 Å². The van der Waals surface area contributed by atoms with E-state index < -0.39 is 11.9 Å². The Balaban J connectivity index is 1.61. The molecule has 0 fully saturated rings. The molecule has 1 unspecified atom stereocenters. The zero-order valence-corrected chi connectivity index (χ0v) is 16.2. The summed E-state index contributed by atoms with van der Waals surface area (Å²) in [6, 6.07) is 19.2. The SMILES string of the molecule is CC(Nc1ccc(Oc2ccccc2C#N)cc1)C(=O)Nc1ccc(F)cc1Cl. The molecule has 5 nitrogen and oxygen atoms in total. The van der Waals surface area contributed by atoms with Crippen molar-refractivity contribution in [1.29, 1.82) is 5.26 Å². The summed E-state index contributed by atoms with van der Waals surface area (Å²) in [5, 5.41) is 15.0. The largest absolute Gasteiger partial charge is 0.456 e. The lowest BCUT2D eigenvalue weighted by Gasteiger charge is -2.16. The Labute approximate surface area is 172 Å². The zero-order valence-electron chi connectivity index (χ0n) is 15.4. The number of nitrogens with zero attached hydrogens (tertiary/aromatic N) is 1. The summed E-state index contributed by atoms with van der Waals surface area (Å²) in [6.07, 6.45) is 0. The Hall–Kier alpha value is -3.56. The van der Waals surface area contributed by atoms with Crippen LogP contribution in [0.4, 0.5) is 15.8 Å². The van der Waals surface area contributed by atoms with Gasteiger partial charge in [0.2, 0.25) is 5.91 Å². The first-order valence-electron chi connectivity index (χ1n) is 8.76. The molecule has 0 bridgehead atoms. The van der Waals surface area contributed by atoms with E-state index in [1.54, 1.807) is 55.5 Å². The molecule has 0 aliphatic rings. The molecule has 146 valence electrons. The van der Waals surface area contributed by atoms with Crippen LogP contribution in [0.5, 0.6) is 11.5 Å². The molecular weight excluding hydrogens is 393 g/mol. The van der Waals surface area contributed by atoms with Gasteiger partial charge in [0, 0.05) is 5.69 Å². The Morgan fingerprint density at radius 1 is 1.14 bits per heavy atom. The van der Waals surface area contributed by atoms with E-state index in [4.69, 9.17) is 21.6 Å². The first-order valence-corrected chi connectivity index (χ1v) is 9.13. The van der Waals surface area contributed by atoms with Crippen LogP contribution >= 0.6 is 11.6 Å². The van der Waals surface area contributed by atoms with Crippen LogP contribution in [0.2, 0.25) is 5.02 Å². The molecule has 0 saturated heterocycles. The molecule has 0 radical (unpaired) electrons. The molecule has 2 N–H and O–H groups in total. The van der Waals surface area contributed by atoms with Crippen LogP contribution in [0.1, 0.15) is 12.5 Å². The van der Waals surface area contributed by atoms with E-state index in [0.29, 0.717) is 28.4 Å². The number of nitriles is 1. The lowest BCUT2D eigenvalue weighted by atomic mass is 10.2. The summed E-state index contributed by atoms with van der Waals surface area (Å²) in [5.41, 5.74) is 1.49. The van der Waals surface area contributed by atoms with E-state index in [1.807, 2.05) is 0 Å². The first kappa shape index (κ1) is 20.2. The fourth-order valence-electron chi connectivity index (χ4n) is 2.54. The third-order valence-corrected chi connectivity index (χ3v) is 4.37. The molecule has 1 atom stereocenters. The van der Waals surface area contributed by atoms with Crippen LogP contribution in [0.15, 0.2) is 66.7 Å². The van der Waals surface area contributed by atoms with Gasteiger partial charge in [-0.05, 0) is 61.5 Å². The number of carbonyl (C=O) groups excluding carboxylic acids is 1. The number of amides is 1. The van der Waals surface area contributed by atoms with Crippen molar-refractivity contribution < 1.29 is 13.9 Å². The van der Waals surface area contributed by atoms with Gasteiger partial charge < -0.3 is 15.4 Å². The van der Waals surface area contributed by atoms with E-state index in [2.05, 4.69) is 16.7 Å². The molecule has 3 rings (SSSR count). The number of rotatable bonds is 6. The van der Waals surface area contributed by atoms with E-state index in [1.165, 1.54) is 12.1 Å². The van der Waals surface area contributed by atoms with Gasteiger partial charge in [-0.2, -0.15) is 5.26 Å². The fraction of sp³-hybridized carbons (Fsp3) is 0.0909. The summed E-state index contributed by atoms with van der Waals surface area (Å²) in [7, 11) is 0. The van der Waals surface area contributed by atoms with Crippen molar-refractivity contribution >= 4 is 28.9 Å². The van der Waals surface area contributed by atoms with Crippen LogP contribution in [0.3, 0.4) is 0 Å². The minimum atomic E-state index is -0.567. The lowest BCUT2D eigenvalue weighted by molar-refractivity contribution is -0.116. The minimum Gasteiger partial charge on any atom is -0.456 e. The monoisotopic (exact) mass is 409 g/mol. The van der Waals surface area contributed by atoms with Gasteiger partial charge in [-0.3, -0.25) is 4.79 Å². The van der Waals surface area contributed by atoms with Crippen molar-refractivity contribution in [2.24, 2.45) is 0 Å². The molecule has 0 spiro atoms. The predicted molar refractivity (Wildman–Crippen MR) is 111 cm³/mol. The summed E-state index contributed by atoms with van der Waals surface area (Å²) in [4.78, 5) is 12.4. The molecule has 0 aliphatic carbocycles. The third-order valence-electron chi connectivity index (χ3n) is 4.06. The molecule has 1 amide bonds. The van der Waals surface area contributed by atoms with E-state index >= 15 is 0 Å². The van der Waals surface area contributed by atoms with E-state index in [0.717, 1.165) is 6.07 Å². The van der Waals surface area contributed by atoms with Crippen LogP contribution in [-0.2, 0) is 4.79 Å². The summed E-state index contributed by atoms with van der Waals surface area (Å²) in [6.45, 7) is 1.69. The Kier molecular flexibility index (Phi) is 6.32. The molecular formula is C22H17ClFN3O2. The molecule has 3 aromatic rings. The van der Waals surface area contributed by atoms with E-state index in [-0.39, 0.29) is 10.9 Å². The average molecular weight is 410 g/mol. The van der Waals surface area contributed by atoms with Gasteiger partial charge in [-0.15, -0.1) is 0 Å². The first-order chi connectivity index (χ1) is 14.0. The highest BCUT2D eigenvalue weighted by atomic mass is 35.5. The van der Waals surface area contributed by atoms with Crippen molar-refractivity contribution in [2.75, 3.05) is 10.6 Å². The third kappa shape index (κ3) is 5.24. The van der Waals surface area contributed by atoms with Crippen LogP contribution in [-0.4, -0.2) is 11.9 Å². The Morgan fingerprint density at radius 3 is 2.55 bits per heavy atom. The van der Waals surface area contributed by atoms with Crippen molar-refractivity contribution in [2.45, 2.75) is 13.0 Å². The Morgan fingerprint density at radius 2 is 1.86 bits per heavy atom. The average Bonchev–Trinajstić information content (AvgIpc) is 2.72. The quantitative estimate of drug-likeness (QED) is 0.557. The van der Waals surface area contributed by atoms with Crippen LogP contribution in [0.25, 0.3) is 0 Å². The number of para-hydroxylation sites is 1. The number of benzene rings is 3. The smallest absolute Gasteiger partial charge is 0.246 e. The number of halogens is 2. The van der Waals surface area contributed by atoms with Gasteiger partial charge in [-0.1, -0.05) is 23.7 Å². The van der Waals surface area contributed by atoms with Gasteiger partial charge in [-0.25, -0.2) is 4.39 Å². The van der Waals surface area contributed by atoms with Crippen molar-refractivity contribution in [1.82, 2.24) is 0 Å². The number of hydrogen-bond donors (Lipinski definition) is 2. The highest BCUT2D eigenvalue weighted by Crippen LogP contribution is 2.26. The zero-order chi connectivity index (χ0) is 20.8. The summed E-state index contributed by atoms with van der Waals surface area (Å²) >= 11 is 5.93. The highest BCUT2D eigenvalue weighted by Gasteiger charge is 2.14. The van der Waals surface area contributed by atoms with Crippen molar-refractivity contribution in [3.63, 3.8) is 0 Å².